The van der Waals surface area contributed by atoms with Crippen molar-refractivity contribution in [3.8, 4) is 0 Å². The summed E-state index contributed by atoms with van der Waals surface area (Å²) in [5.41, 5.74) is 1.05. The van der Waals surface area contributed by atoms with Crippen LogP contribution < -0.4 is 5.32 Å². The van der Waals surface area contributed by atoms with Gasteiger partial charge in [-0.15, -0.1) is 5.10 Å². The number of amides is 1. The van der Waals surface area contributed by atoms with Gasteiger partial charge in [0.15, 0.2) is 5.15 Å². The first-order valence-corrected chi connectivity index (χ1v) is 6.40. The van der Waals surface area contributed by atoms with E-state index in [2.05, 4.69) is 15.5 Å². The molecule has 1 heterocycles. The summed E-state index contributed by atoms with van der Waals surface area (Å²) in [5, 5.41) is 11.0. The Labute approximate surface area is 124 Å². The van der Waals surface area contributed by atoms with Gasteiger partial charge in [0, 0.05) is 16.1 Å². The summed E-state index contributed by atoms with van der Waals surface area (Å²) in [6, 6.07) is 6.58. The third-order valence-corrected chi connectivity index (χ3v) is 3.20. The molecule has 0 saturated carbocycles. The number of rotatable bonds is 3. The van der Waals surface area contributed by atoms with Crippen LogP contribution >= 0.6 is 34.8 Å². The quantitative estimate of drug-likeness (QED) is 0.941. The number of anilines is 1. The average Bonchev–Trinajstić information content (AvgIpc) is 2.34. The molecule has 0 fully saturated rings. The minimum atomic E-state index is -0.265. The zero-order chi connectivity index (χ0) is 13.8. The van der Waals surface area contributed by atoms with Gasteiger partial charge in [0.1, 0.15) is 0 Å². The van der Waals surface area contributed by atoms with Crippen molar-refractivity contribution in [2.75, 3.05) is 5.32 Å². The maximum atomic E-state index is 11.9. The molecule has 0 aliphatic carbocycles. The second-order valence-corrected chi connectivity index (χ2v) is 4.89. The van der Waals surface area contributed by atoms with Crippen LogP contribution in [-0.4, -0.2) is 16.1 Å². The van der Waals surface area contributed by atoms with Crippen LogP contribution in [0.4, 0.5) is 5.69 Å². The smallest absolute Gasteiger partial charge is 0.228 e. The number of hydrogen-bond donors (Lipinski definition) is 1. The number of carbonyl (C=O) groups excluding carboxylic acids is 1. The minimum Gasteiger partial charge on any atom is -0.324 e. The zero-order valence-corrected chi connectivity index (χ0v) is 11.8. The first kappa shape index (κ1) is 14.1. The molecular weight excluding hydrogens is 309 g/mol. The van der Waals surface area contributed by atoms with Crippen LogP contribution in [0.2, 0.25) is 15.2 Å². The summed E-state index contributed by atoms with van der Waals surface area (Å²) < 4.78 is 0. The van der Waals surface area contributed by atoms with Gasteiger partial charge >= 0.3 is 0 Å². The Morgan fingerprint density at radius 1 is 1.21 bits per heavy atom. The van der Waals surface area contributed by atoms with Crippen LogP contribution in [0, 0.1) is 0 Å². The van der Waals surface area contributed by atoms with Gasteiger partial charge in [-0.05, 0) is 17.7 Å². The highest BCUT2D eigenvalue weighted by Crippen LogP contribution is 2.25. The van der Waals surface area contributed by atoms with Crippen LogP contribution in [0.25, 0.3) is 0 Å². The number of nitrogens with zero attached hydrogens (tertiary/aromatic N) is 2. The molecule has 7 heteroatoms. The molecule has 1 aromatic heterocycles. The van der Waals surface area contributed by atoms with Crippen molar-refractivity contribution in [2.24, 2.45) is 0 Å². The lowest BCUT2D eigenvalue weighted by Gasteiger charge is -2.07. The Bertz CT molecular complexity index is 599. The molecule has 98 valence electrons. The average molecular weight is 317 g/mol. The Kier molecular flexibility index (Phi) is 4.58. The van der Waals surface area contributed by atoms with E-state index >= 15 is 0 Å². The SMILES string of the molecule is O=C(Cc1c(Cl)cccc1Cl)Nc1cnnc(Cl)c1. The predicted octanol–water partition coefficient (Wildman–Crippen LogP) is 3.62. The first-order chi connectivity index (χ1) is 9.06. The maximum absolute atomic E-state index is 11.9. The number of carbonyl (C=O) groups is 1. The van der Waals surface area contributed by atoms with Gasteiger partial charge in [-0.3, -0.25) is 4.79 Å². The monoisotopic (exact) mass is 315 g/mol. The molecule has 0 unspecified atom stereocenters. The second-order valence-electron chi connectivity index (χ2n) is 3.69. The fraction of sp³-hybridized carbons (Fsp3) is 0.0833. The van der Waals surface area contributed by atoms with Crippen molar-refractivity contribution in [1.29, 1.82) is 0 Å². The predicted molar refractivity (Wildman–Crippen MR) is 75.8 cm³/mol. The number of hydrogen-bond acceptors (Lipinski definition) is 3. The van der Waals surface area contributed by atoms with E-state index < -0.39 is 0 Å². The molecule has 2 rings (SSSR count). The van der Waals surface area contributed by atoms with Gasteiger partial charge in [-0.1, -0.05) is 40.9 Å². The maximum Gasteiger partial charge on any atom is 0.228 e. The third-order valence-electron chi connectivity index (χ3n) is 2.31. The molecule has 0 aliphatic heterocycles. The summed E-state index contributed by atoms with van der Waals surface area (Å²) in [6.07, 6.45) is 1.47. The van der Waals surface area contributed by atoms with E-state index in [-0.39, 0.29) is 17.5 Å². The van der Waals surface area contributed by atoms with E-state index in [0.717, 1.165) is 0 Å². The van der Waals surface area contributed by atoms with E-state index in [4.69, 9.17) is 34.8 Å². The van der Waals surface area contributed by atoms with Gasteiger partial charge in [0.05, 0.1) is 18.3 Å². The molecule has 0 radical (unpaired) electrons. The lowest BCUT2D eigenvalue weighted by atomic mass is 10.1. The van der Waals surface area contributed by atoms with Crippen molar-refractivity contribution in [2.45, 2.75) is 6.42 Å². The molecular formula is C12H8Cl3N3O. The van der Waals surface area contributed by atoms with Crippen molar-refractivity contribution in [3.05, 3.63) is 51.2 Å². The first-order valence-electron chi connectivity index (χ1n) is 5.27. The van der Waals surface area contributed by atoms with Crippen molar-refractivity contribution in [3.63, 3.8) is 0 Å². The van der Waals surface area contributed by atoms with Gasteiger partial charge in [-0.25, -0.2) is 0 Å². The molecule has 2 aromatic rings. The highest BCUT2D eigenvalue weighted by molar-refractivity contribution is 6.36. The van der Waals surface area contributed by atoms with Gasteiger partial charge < -0.3 is 5.32 Å². The van der Waals surface area contributed by atoms with E-state index in [9.17, 15) is 4.79 Å². The summed E-state index contributed by atoms with van der Waals surface area (Å²) in [6.45, 7) is 0. The summed E-state index contributed by atoms with van der Waals surface area (Å²) >= 11 is 17.7. The molecule has 1 aromatic carbocycles. The van der Waals surface area contributed by atoms with E-state index in [1.165, 1.54) is 12.3 Å². The molecule has 19 heavy (non-hydrogen) atoms. The fourth-order valence-corrected chi connectivity index (χ4v) is 2.17. The number of halogens is 3. The van der Waals surface area contributed by atoms with Crippen LogP contribution in [0.15, 0.2) is 30.5 Å². The topological polar surface area (TPSA) is 54.9 Å². The Hall–Kier alpha value is -1.36. The summed E-state index contributed by atoms with van der Waals surface area (Å²) in [5.74, 6) is -0.265. The van der Waals surface area contributed by atoms with Gasteiger partial charge in [0.25, 0.3) is 0 Å². The molecule has 0 bridgehead atoms. The van der Waals surface area contributed by atoms with Crippen LogP contribution in [0.5, 0.6) is 0 Å². The van der Waals surface area contributed by atoms with Crippen LogP contribution in [0.1, 0.15) is 5.56 Å². The molecule has 1 N–H and O–H groups in total. The highest BCUT2D eigenvalue weighted by atomic mass is 35.5. The van der Waals surface area contributed by atoms with E-state index in [1.54, 1.807) is 18.2 Å². The van der Waals surface area contributed by atoms with Crippen molar-refractivity contribution >= 4 is 46.4 Å². The third kappa shape index (κ3) is 3.80. The molecule has 0 spiro atoms. The largest absolute Gasteiger partial charge is 0.324 e. The molecule has 4 nitrogen and oxygen atoms in total. The standard InChI is InChI=1S/C12H8Cl3N3O/c13-9-2-1-3-10(14)8(9)5-12(19)17-7-4-11(15)18-16-6-7/h1-4,6H,5H2,(H,17,18,19). The number of aromatic nitrogens is 2. The molecule has 1 amide bonds. The van der Waals surface area contributed by atoms with Crippen molar-refractivity contribution < 1.29 is 4.79 Å². The lowest BCUT2D eigenvalue weighted by Crippen LogP contribution is -2.15. The number of benzene rings is 1. The molecule has 0 atom stereocenters. The van der Waals surface area contributed by atoms with Crippen LogP contribution in [0.3, 0.4) is 0 Å². The number of nitrogens with one attached hydrogen (secondary N) is 1. The van der Waals surface area contributed by atoms with Gasteiger partial charge in [-0.2, -0.15) is 5.10 Å². The van der Waals surface area contributed by atoms with Gasteiger partial charge in [0.2, 0.25) is 5.91 Å². The molecule has 0 saturated heterocycles. The Morgan fingerprint density at radius 2 is 1.89 bits per heavy atom. The Balaban J connectivity index is 2.10. The zero-order valence-electron chi connectivity index (χ0n) is 9.53. The summed E-state index contributed by atoms with van der Waals surface area (Å²) in [7, 11) is 0. The minimum absolute atomic E-state index is 0.0679. The lowest BCUT2D eigenvalue weighted by molar-refractivity contribution is -0.115. The van der Waals surface area contributed by atoms with Crippen molar-refractivity contribution in [1.82, 2.24) is 10.2 Å². The fourth-order valence-electron chi connectivity index (χ4n) is 1.48. The van der Waals surface area contributed by atoms with E-state index in [0.29, 0.717) is 21.3 Å². The molecule has 0 aliphatic rings. The second kappa shape index (κ2) is 6.19. The van der Waals surface area contributed by atoms with E-state index in [1.807, 2.05) is 0 Å². The summed E-state index contributed by atoms with van der Waals surface area (Å²) in [4.78, 5) is 11.9. The highest BCUT2D eigenvalue weighted by Gasteiger charge is 2.11. The Morgan fingerprint density at radius 3 is 2.53 bits per heavy atom. The van der Waals surface area contributed by atoms with Crippen LogP contribution in [-0.2, 0) is 11.2 Å². The normalized spacial score (nSPS) is 10.3.